The van der Waals surface area contributed by atoms with Gasteiger partial charge in [0.05, 0.1) is 25.6 Å². The first-order chi connectivity index (χ1) is 24.4. The van der Waals surface area contributed by atoms with E-state index in [0.717, 1.165) is 90.5 Å². The highest BCUT2D eigenvalue weighted by atomic mass is 33.1. The summed E-state index contributed by atoms with van der Waals surface area (Å²) in [6, 6.07) is 9.55. The lowest BCUT2D eigenvalue weighted by molar-refractivity contribution is 0.000833. The van der Waals surface area contributed by atoms with Crippen LogP contribution in [-0.4, -0.2) is 52.7 Å². The molecule has 2 heterocycles. The zero-order chi connectivity index (χ0) is 34.5. The van der Waals surface area contributed by atoms with E-state index in [-0.39, 0.29) is 34.7 Å². The van der Waals surface area contributed by atoms with Gasteiger partial charge in [-0.05, 0) is 91.7 Å². The molecule has 0 unspecified atom stereocenters. The predicted molar refractivity (Wildman–Crippen MR) is 199 cm³/mol. The van der Waals surface area contributed by atoms with E-state index in [1.54, 1.807) is 31.1 Å². The summed E-state index contributed by atoms with van der Waals surface area (Å²) in [5.74, 6) is 10.8. The molecule has 3 aliphatic carbocycles. The number of ether oxygens (including phenoxy) is 4. The Kier molecular flexibility index (Phi) is 9.47. The molecule has 6 atom stereocenters. The van der Waals surface area contributed by atoms with Crippen LogP contribution in [0.25, 0.3) is 11.1 Å². The molecule has 5 aliphatic rings. The first-order valence-corrected chi connectivity index (χ1v) is 20.5. The SMILES string of the molecule is COc1cc2c3c4c1-c1ccc(O)cc1[C@H](CC[C@H](C)CCSS[C@H]1C#CCc5c(cc(OC6CCCCC6)c(O)c5OC)[C@H](O2)[C@H](O)[C@H]31)C4. The molecule has 9 heteroatoms. The van der Waals surface area contributed by atoms with E-state index in [4.69, 9.17) is 18.9 Å². The number of aliphatic hydroxyl groups is 1. The van der Waals surface area contributed by atoms with E-state index in [1.165, 1.54) is 6.42 Å². The minimum Gasteiger partial charge on any atom is -0.508 e. The minimum atomic E-state index is -0.940. The number of aromatic hydroxyl groups is 2. The Morgan fingerprint density at radius 1 is 0.900 bits per heavy atom. The van der Waals surface area contributed by atoms with Crippen molar-refractivity contribution in [1.29, 1.82) is 0 Å². The molecular formula is C41H46O7S2. The van der Waals surface area contributed by atoms with Gasteiger partial charge < -0.3 is 34.3 Å². The van der Waals surface area contributed by atoms with E-state index in [2.05, 4.69) is 18.8 Å². The smallest absolute Gasteiger partial charge is 0.201 e. The molecule has 0 spiro atoms. The Balaban J connectivity index is 1.34. The first kappa shape index (κ1) is 33.8. The van der Waals surface area contributed by atoms with Crippen LogP contribution in [0, 0.1) is 17.8 Å². The van der Waals surface area contributed by atoms with Gasteiger partial charge in [0, 0.05) is 46.4 Å². The molecule has 3 N–H and O–H groups in total. The monoisotopic (exact) mass is 714 g/mol. The maximum Gasteiger partial charge on any atom is 0.201 e. The highest BCUT2D eigenvalue weighted by molar-refractivity contribution is 8.77. The molecule has 8 rings (SSSR count). The quantitative estimate of drug-likeness (QED) is 0.181. The number of phenolic OH excluding ortho intramolecular Hbond substituents is 2. The maximum atomic E-state index is 12.7. The van der Waals surface area contributed by atoms with Crippen molar-refractivity contribution in [3.63, 3.8) is 0 Å². The van der Waals surface area contributed by atoms with E-state index in [0.29, 0.717) is 40.9 Å². The third-order valence-electron chi connectivity index (χ3n) is 11.5. The maximum absolute atomic E-state index is 12.7. The fourth-order valence-electron chi connectivity index (χ4n) is 8.91. The van der Waals surface area contributed by atoms with Gasteiger partial charge in [-0.15, -0.1) is 0 Å². The molecule has 1 saturated carbocycles. The molecule has 7 nitrogen and oxygen atoms in total. The molecule has 1 fully saturated rings. The lowest BCUT2D eigenvalue weighted by Crippen LogP contribution is -2.40. The van der Waals surface area contributed by atoms with Crippen molar-refractivity contribution in [2.75, 3.05) is 20.0 Å². The lowest BCUT2D eigenvalue weighted by atomic mass is 9.70. The van der Waals surface area contributed by atoms with Crippen LogP contribution in [0.2, 0.25) is 0 Å². The molecule has 50 heavy (non-hydrogen) atoms. The molecule has 0 saturated heterocycles. The van der Waals surface area contributed by atoms with Crippen LogP contribution in [0.5, 0.6) is 34.5 Å². The highest BCUT2D eigenvalue weighted by Gasteiger charge is 2.47. The van der Waals surface area contributed by atoms with Crippen LogP contribution in [-0.2, 0) is 12.8 Å². The fraction of sp³-hybridized carbons (Fsp3) is 0.512. The van der Waals surface area contributed by atoms with Gasteiger partial charge in [0.1, 0.15) is 23.4 Å². The van der Waals surface area contributed by atoms with Gasteiger partial charge in [0.2, 0.25) is 5.75 Å². The second kappa shape index (κ2) is 14.0. The fourth-order valence-corrected chi connectivity index (χ4v) is 11.7. The second-order valence-corrected chi connectivity index (χ2v) is 17.2. The number of benzene rings is 3. The van der Waals surface area contributed by atoms with Gasteiger partial charge in [-0.25, -0.2) is 0 Å². The van der Waals surface area contributed by atoms with Crippen molar-refractivity contribution in [3.8, 4) is 57.5 Å². The van der Waals surface area contributed by atoms with Gasteiger partial charge in [-0.1, -0.05) is 59.3 Å². The molecule has 0 radical (unpaired) electrons. The summed E-state index contributed by atoms with van der Waals surface area (Å²) in [5.41, 5.74) is 6.79. The van der Waals surface area contributed by atoms with Crippen molar-refractivity contribution in [2.24, 2.45) is 5.92 Å². The molecule has 2 aliphatic heterocycles. The van der Waals surface area contributed by atoms with Crippen LogP contribution in [0.4, 0.5) is 0 Å². The number of aliphatic hydroxyl groups excluding tert-OH is 1. The van der Waals surface area contributed by atoms with Crippen LogP contribution in [0.1, 0.15) is 104 Å². The van der Waals surface area contributed by atoms with Crippen LogP contribution < -0.4 is 18.9 Å². The highest BCUT2D eigenvalue weighted by Crippen LogP contribution is 2.58. The van der Waals surface area contributed by atoms with Crippen molar-refractivity contribution < 1.29 is 34.3 Å². The van der Waals surface area contributed by atoms with Crippen molar-refractivity contribution >= 4 is 21.6 Å². The van der Waals surface area contributed by atoms with Crippen LogP contribution in [0.3, 0.4) is 0 Å². The number of phenols is 2. The van der Waals surface area contributed by atoms with Crippen LogP contribution >= 0.6 is 21.6 Å². The lowest BCUT2D eigenvalue weighted by Gasteiger charge is -2.42. The van der Waals surface area contributed by atoms with Crippen molar-refractivity contribution in [1.82, 2.24) is 0 Å². The summed E-state index contributed by atoms with van der Waals surface area (Å²) >= 11 is 0. The summed E-state index contributed by atoms with van der Waals surface area (Å²) < 4.78 is 25.4. The molecule has 3 aromatic carbocycles. The number of fused-ring (bicyclic) bond motifs is 7. The summed E-state index contributed by atoms with van der Waals surface area (Å²) in [7, 11) is 6.84. The Labute approximate surface area is 302 Å². The molecule has 4 bridgehead atoms. The first-order valence-electron chi connectivity index (χ1n) is 18.1. The summed E-state index contributed by atoms with van der Waals surface area (Å²) in [5, 5.41) is 34.6. The number of methoxy groups -OCH3 is 2. The van der Waals surface area contributed by atoms with Crippen molar-refractivity contribution in [3.05, 3.63) is 58.1 Å². The normalized spacial score (nSPS) is 27.2. The van der Waals surface area contributed by atoms with Gasteiger partial charge in [0.15, 0.2) is 17.6 Å². The molecule has 0 aromatic heterocycles. The Morgan fingerprint density at radius 2 is 1.74 bits per heavy atom. The zero-order valence-corrected chi connectivity index (χ0v) is 30.6. The summed E-state index contributed by atoms with van der Waals surface area (Å²) in [4.78, 5) is 0. The van der Waals surface area contributed by atoms with Gasteiger partial charge in [-0.3, -0.25) is 0 Å². The topological polar surface area (TPSA) is 97.6 Å². The third-order valence-corrected chi connectivity index (χ3v) is 14.2. The Bertz CT molecular complexity index is 1840. The summed E-state index contributed by atoms with van der Waals surface area (Å²) in [6.07, 6.45) is 7.86. The van der Waals surface area contributed by atoms with E-state index >= 15 is 0 Å². The Hall–Kier alpha value is -3.32. The molecule has 0 amide bonds. The third kappa shape index (κ3) is 5.95. The van der Waals surface area contributed by atoms with Crippen LogP contribution in [0.15, 0.2) is 30.3 Å². The molecule has 264 valence electrons. The van der Waals surface area contributed by atoms with Gasteiger partial charge in [0.25, 0.3) is 0 Å². The second-order valence-electron chi connectivity index (χ2n) is 14.6. The van der Waals surface area contributed by atoms with E-state index in [9.17, 15) is 15.3 Å². The largest absolute Gasteiger partial charge is 0.508 e. The van der Waals surface area contributed by atoms with Gasteiger partial charge >= 0.3 is 0 Å². The van der Waals surface area contributed by atoms with Crippen molar-refractivity contribution in [2.45, 2.75) is 107 Å². The van der Waals surface area contributed by atoms with E-state index < -0.39 is 12.2 Å². The average Bonchev–Trinajstić information content (AvgIpc) is 3.15. The predicted octanol–water partition coefficient (Wildman–Crippen LogP) is 8.84. The number of rotatable bonds is 4. The van der Waals surface area contributed by atoms with E-state index in [1.807, 2.05) is 35.1 Å². The minimum absolute atomic E-state index is 0.0101. The number of hydrogen-bond acceptors (Lipinski definition) is 9. The number of hydrogen-bond donors (Lipinski definition) is 3. The summed E-state index contributed by atoms with van der Waals surface area (Å²) in [6.45, 7) is 2.34. The van der Waals surface area contributed by atoms with Gasteiger partial charge in [-0.2, -0.15) is 0 Å². The average molecular weight is 715 g/mol. The zero-order valence-electron chi connectivity index (χ0n) is 29.0. The molecule has 3 aromatic rings. The molecular weight excluding hydrogens is 669 g/mol. The Morgan fingerprint density at radius 3 is 2.54 bits per heavy atom. The standard InChI is InChI=1S/C41H46O7S2/c1-22-12-13-23-18-30-35(26-15-14-24(42)19-28(23)26)31(45-2)21-32-36(30)37-34(50-49-17-16-22)11-7-10-27-29(41(48-32)39(37)44)20-33(38(43)40(27)46-3)47-25-8-5-4-6-9-25/h14-15,19-23,25,34,37,39,41-44H,4-6,8-10,12-13,16-18H2,1-3H3/t22-,23+,34-,37-,39+,41-/m0/s1.